The molecule has 0 N–H and O–H groups in total. The molecule has 0 saturated carbocycles. The van der Waals surface area contributed by atoms with Crippen molar-refractivity contribution in [2.75, 3.05) is 13.1 Å². The molecular weight excluding hydrogens is 231 g/mol. The summed E-state index contributed by atoms with van der Waals surface area (Å²) in [6.07, 6.45) is 1.27. The van der Waals surface area contributed by atoms with E-state index in [9.17, 15) is 0 Å². The Morgan fingerprint density at radius 1 is 1.40 bits per heavy atom. The molecule has 0 atom stereocenters. The van der Waals surface area contributed by atoms with Crippen LogP contribution in [0.5, 0.6) is 0 Å². The van der Waals surface area contributed by atoms with Crippen LogP contribution in [0.4, 0.5) is 0 Å². The van der Waals surface area contributed by atoms with E-state index >= 15 is 0 Å². The largest absolute Gasteiger partial charge is 0.298 e. The number of nitrogens with zero attached hydrogens (tertiary/aromatic N) is 2. The number of aromatic nitrogens is 1. The molecule has 2 rings (SSSR count). The Labute approximate surface area is 100 Å². The summed E-state index contributed by atoms with van der Waals surface area (Å²) in [5.74, 6) is 0.865. The average molecular weight is 245 g/mol. The van der Waals surface area contributed by atoms with Crippen LogP contribution >= 0.6 is 23.2 Å². The number of halogens is 2. The van der Waals surface area contributed by atoms with Gasteiger partial charge in [0.25, 0.3) is 0 Å². The lowest BCUT2D eigenvalue weighted by Crippen LogP contribution is -2.45. The van der Waals surface area contributed by atoms with Gasteiger partial charge in [0.05, 0.1) is 0 Å². The first-order valence-corrected chi connectivity index (χ1v) is 5.98. The molecule has 0 bridgehead atoms. The molecule has 0 unspecified atom stereocenters. The monoisotopic (exact) mass is 244 g/mol. The van der Waals surface area contributed by atoms with E-state index in [4.69, 9.17) is 23.2 Å². The van der Waals surface area contributed by atoms with E-state index in [1.807, 2.05) is 6.07 Å². The maximum atomic E-state index is 6.00. The van der Waals surface area contributed by atoms with Gasteiger partial charge >= 0.3 is 0 Å². The molecule has 0 aliphatic carbocycles. The van der Waals surface area contributed by atoms with Crippen molar-refractivity contribution in [3.8, 4) is 0 Å². The van der Waals surface area contributed by atoms with E-state index in [1.165, 1.54) is 19.5 Å². The van der Waals surface area contributed by atoms with Crippen LogP contribution in [0.25, 0.3) is 0 Å². The van der Waals surface area contributed by atoms with E-state index in [1.54, 1.807) is 6.07 Å². The molecule has 0 aromatic carbocycles. The first-order chi connectivity index (χ1) is 7.19. The van der Waals surface area contributed by atoms with Crippen LogP contribution in [0, 0.1) is 5.92 Å². The molecule has 15 heavy (non-hydrogen) atoms. The number of hydrogen-bond acceptors (Lipinski definition) is 2. The second-order valence-corrected chi connectivity index (χ2v) is 4.80. The van der Waals surface area contributed by atoms with Crippen molar-refractivity contribution in [2.45, 2.75) is 19.9 Å². The summed E-state index contributed by atoms with van der Waals surface area (Å²) < 4.78 is 0. The maximum absolute atomic E-state index is 6.00. The molecule has 1 aromatic rings. The summed E-state index contributed by atoms with van der Waals surface area (Å²) in [7, 11) is 0. The smallest absolute Gasteiger partial charge is 0.135 e. The van der Waals surface area contributed by atoms with E-state index < -0.39 is 0 Å². The molecule has 2 heterocycles. The van der Waals surface area contributed by atoms with Crippen molar-refractivity contribution < 1.29 is 0 Å². The molecule has 1 aliphatic heterocycles. The van der Waals surface area contributed by atoms with Gasteiger partial charge in [0, 0.05) is 25.2 Å². The molecule has 1 aromatic heterocycles. The van der Waals surface area contributed by atoms with Crippen molar-refractivity contribution in [1.82, 2.24) is 9.88 Å². The van der Waals surface area contributed by atoms with Crippen molar-refractivity contribution in [1.29, 1.82) is 0 Å². The summed E-state index contributed by atoms with van der Waals surface area (Å²) in [6, 6.07) is 3.75. The zero-order valence-electron chi connectivity index (χ0n) is 8.71. The van der Waals surface area contributed by atoms with Crippen LogP contribution in [-0.2, 0) is 6.54 Å². The SMILES string of the molecule is CCC1CN(Cc2ccc(Cl)nc2Cl)C1. The molecule has 82 valence electrons. The highest BCUT2D eigenvalue weighted by Crippen LogP contribution is 2.24. The van der Waals surface area contributed by atoms with Gasteiger partial charge in [-0.2, -0.15) is 0 Å². The van der Waals surface area contributed by atoms with E-state index in [0.29, 0.717) is 10.3 Å². The van der Waals surface area contributed by atoms with E-state index in [2.05, 4.69) is 16.8 Å². The minimum absolute atomic E-state index is 0.457. The van der Waals surface area contributed by atoms with Crippen LogP contribution in [0.2, 0.25) is 10.3 Å². The van der Waals surface area contributed by atoms with Crippen LogP contribution in [0.15, 0.2) is 12.1 Å². The Hall–Kier alpha value is -0.310. The third-order valence-electron chi connectivity index (χ3n) is 2.90. The van der Waals surface area contributed by atoms with Gasteiger partial charge in [0.2, 0.25) is 0 Å². The summed E-state index contributed by atoms with van der Waals surface area (Å²) in [6.45, 7) is 5.48. The molecular formula is C11H14Cl2N2. The first kappa shape index (κ1) is 11.2. The summed E-state index contributed by atoms with van der Waals surface area (Å²) >= 11 is 11.7. The summed E-state index contributed by atoms with van der Waals surface area (Å²) in [5.41, 5.74) is 1.07. The van der Waals surface area contributed by atoms with Crippen LogP contribution in [0.1, 0.15) is 18.9 Å². The fraction of sp³-hybridized carbons (Fsp3) is 0.545. The minimum atomic E-state index is 0.457. The zero-order chi connectivity index (χ0) is 10.8. The molecule has 4 heteroatoms. The molecule has 0 radical (unpaired) electrons. The van der Waals surface area contributed by atoms with Gasteiger partial charge in [0.15, 0.2) is 0 Å². The van der Waals surface area contributed by atoms with Crippen molar-refractivity contribution >= 4 is 23.2 Å². The first-order valence-electron chi connectivity index (χ1n) is 5.22. The van der Waals surface area contributed by atoms with Gasteiger partial charge in [-0.15, -0.1) is 0 Å². The van der Waals surface area contributed by atoms with Crippen LogP contribution in [0.3, 0.4) is 0 Å². The van der Waals surface area contributed by atoms with Gasteiger partial charge in [0.1, 0.15) is 10.3 Å². The lowest BCUT2D eigenvalue weighted by Gasteiger charge is -2.38. The van der Waals surface area contributed by atoms with Gasteiger partial charge < -0.3 is 0 Å². The lowest BCUT2D eigenvalue weighted by atomic mass is 9.97. The van der Waals surface area contributed by atoms with Crippen LogP contribution < -0.4 is 0 Å². The number of likely N-dealkylation sites (tertiary alicyclic amines) is 1. The number of rotatable bonds is 3. The highest BCUT2D eigenvalue weighted by atomic mass is 35.5. The molecule has 0 spiro atoms. The number of hydrogen-bond donors (Lipinski definition) is 0. The predicted molar refractivity (Wildman–Crippen MR) is 63.3 cm³/mol. The van der Waals surface area contributed by atoms with E-state index in [0.717, 1.165) is 18.0 Å². The van der Waals surface area contributed by atoms with Gasteiger partial charge in [-0.05, 0) is 12.0 Å². The molecule has 1 aliphatic rings. The highest BCUT2D eigenvalue weighted by Gasteiger charge is 2.25. The quantitative estimate of drug-likeness (QED) is 0.760. The fourth-order valence-electron chi connectivity index (χ4n) is 1.86. The van der Waals surface area contributed by atoms with Gasteiger partial charge in [-0.1, -0.05) is 42.6 Å². The zero-order valence-corrected chi connectivity index (χ0v) is 10.2. The Bertz CT molecular complexity index is 348. The van der Waals surface area contributed by atoms with Gasteiger partial charge in [-0.25, -0.2) is 4.98 Å². The molecule has 2 nitrogen and oxygen atoms in total. The number of pyridine rings is 1. The lowest BCUT2D eigenvalue weighted by molar-refractivity contribution is 0.0898. The standard InChI is InChI=1S/C11H14Cl2N2/c1-2-8-5-15(6-8)7-9-3-4-10(12)14-11(9)13/h3-4,8H,2,5-7H2,1H3. The third kappa shape index (κ3) is 2.63. The highest BCUT2D eigenvalue weighted by molar-refractivity contribution is 6.32. The van der Waals surface area contributed by atoms with Gasteiger partial charge in [-0.3, -0.25) is 4.90 Å². The third-order valence-corrected chi connectivity index (χ3v) is 3.43. The Morgan fingerprint density at radius 3 is 2.73 bits per heavy atom. The Morgan fingerprint density at radius 2 is 2.13 bits per heavy atom. The topological polar surface area (TPSA) is 16.1 Å². The maximum Gasteiger partial charge on any atom is 0.135 e. The molecule has 1 fully saturated rings. The summed E-state index contributed by atoms with van der Waals surface area (Å²) in [4.78, 5) is 6.41. The minimum Gasteiger partial charge on any atom is -0.298 e. The predicted octanol–water partition coefficient (Wildman–Crippen LogP) is 3.23. The normalized spacial score (nSPS) is 17.8. The van der Waals surface area contributed by atoms with E-state index in [-0.39, 0.29) is 0 Å². The van der Waals surface area contributed by atoms with Crippen molar-refractivity contribution in [3.05, 3.63) is 28.0 Å². The Balaban J connectivity index is 1.94. The van der Waals surface area contributed by atoms with Crippen LogP contribution in [-0.4, -0.2) is 23.0 Å². The fourth-order valence-corrected chi connectivity index (χ4v) is 2.27. The molecule has 0 amide bonds. The van der Waals surface area contributed by atoms with Crippen molar-refractivity contribution in [2.24, 2.45) is 5.92 Å². The average Bonchev–Trinajstić information content (AvgIpc) is 2.13. The Kier molecular flexibility index (Phi) is 3.49. The summed E-state index contributed by atoms with van der Waals surface area (Å²) in [5, 5.41) is 0.987. The van der Waals surface area contributed by atoms with Crippen molar-refractivity contribution in [3.63, 3.8) is 0 Å². The second-order valence-electron chi connectivity index (χ2n) is 4.05. The molecule has 1 saturated heterocycles. The second kappa shape index (κ2) is 4.69.